The molecule has 1 fully saturated rings. The van der Waals surface area contributed by atoms with Gasteiger partial charge in [-0.3, -0.25) is 4.98 Å². The van der Waals surface area contributed by atoms with Crippen LogP contribution in [0.25, 0.3) is 0 Å². The average Bonchev–Trinajstić information content (AvgIpc) is 2.20. The van der Waals surface area contributed by atoms with Crippen molar-refractivity contribution in [1.82, 2.24) is 10.3 Å². The van der Waals surface area contributed by atoms with Crippen molar-refractivity contribution in [2.75, 3.05) is 13.1 Å². The third kappa shape index (κ3) is 2.32. The summed E-state index contributed by atoms with van der Waals surface area (Å²) in [4.78, 5) is 4.49. The van der Waals surface area contributed by atoms with Gasteiger partial charge in [-0.25, -0.2) is 0 Å². The van der Waals surface area contributed by atoms with Crippen molar-refractivity contribution >= 4 is 11.6 Å². The molecule has 1 aromatic rings. The van der Waals surface area contributed by atoms with Gasteiger partial charge in [0.15, 0.2) is 0 Å². The Kier molecular flexibility index (Phi) is 3.27. The lowest BCUT2D eigenvalue weighted by Crippen LogP contribution is -2.34. The highest BCUT2D eigenvalue weighted by atomic mass is 35.5. The molecule has 2 unspecified atom stereocenters. The van der Waals surface area contributed by atoms with E-state index in [9.17, 15) is 0 Å². The number of halogens is 1. The molecule has 0 radical (unpaired) electrons. The first-order valence-corrected chi connectivity index (χ1v) is 5.89. The topological polar surface area (TPSA) is 24.9 Å². The number of nitrogens with zero attached hydrogens (tertiary/aromatic N) is 1. The van der Waals surface area contributed by atoms with Crippen molar-refractivity contribution in [1.29, 1.82) is 0 Å². The number of hydrogen-bond donors (Lipinski definition) is 1. The van der Waals surface area contributed by atoms with Crippen molar-refractivity contribution in [3.05, 3.63) is 28.5 Å². The minimum atomic E-state index is 0.587. The van der Waals surface area contributed by atoms with Crippen molar-refractivity contribution in [3.63, 3.8) is 0 Å². The molecule has 0 aromatic carbocycles. The SMILES string of the molecule is Cc1cc(Cl)cnc1C1CCNCC1C. The monoisotopic (exact) mass is 224 g/mol. The van der Waals surface area contributed by atoms with Gasteiger partial charge in [0.25, 0.3) is 0 Å². The van der Waals surface area contributed by atoms with Gasteiger partial charge in [0.1, 0.15) is 0 Å². The number of nitrogens with one attached hydrogen (secondary N) is 1. The Labute approximate surface area is 96.1 Å². The van der Waals surface area contributed by atoms with Crippen LogP contribution in [-0.4, -0.2) is 18.1 Å². The Morgan fingerprint density at radius 3 is 3.00 bits per heavy atom. The smallest absolute Gasteiger partial charge is 0.0592 e. The normalized spacial score (nSPS) is 26.6. The van der Waals surface area contributed by atoms with E-state index < -0.39 is 0 Å². The third-order valence-corrected chi connectivity index (χ3v) is 3.43. The van der Waals surface area contributed by atoms with Crippen LogP contribution in [0.5, 0.6) is 0 Å². The van der Waals surface area contributed by atoms with Gasteiger partial charge in [-0.05, 0) is 44.0 Å². The van der Waals surface area contributed by atoms with E-state index in [4.69, 9.17) is 11.6 Å². The predicted molar refractivity (Wildman–Crippen MR) is 63.4 cm³/mol. The van der Waals surface area contributed by atoms with E-state index in [-0.39, 0.29) is 0 Å². The van der Waals surface area contributed by atoms with Gasteiger partial charge in [-0.2, -0.15) is 0 Å². The van der Waals surface area contributed by atoms with E-state index in [0.717, 1.165) is 18.1 Å². The maximum absolute atomic E-state index is 5.92. The highest BCUT2D eigenvalue weighted by Gasteiger charge is 2.24. The van der Waals surface area contributed by atoms with Crippen LogP contribution < -0.4 is 5.32 Å². The summed E-state index contributed by atoms with van der Waals surface area (Å²) in [5.41, 5.74) is 2.45. The predicted octanol–water partition coefficient (Wildman–Crippen LogP) is 2.76. The van der Waals surface area contributed by atoms with Crippen LogP contribution in [0.3, 0.4) is 0 Å². The first-order chi connectivity index (χ1) is 7.18. The van der Waals surface area contributed by atoms with Crippen LogP contribution in [0.4, 0.5) is 0 Å². The highest BCUT2D eigenvalue weighted by Crippen LogP contribution is 2.31. The minimum absolute atomic E-state index is 0.587. The number of aryl methyl sites for hydroxylation is 1. The van der Waals surface area contributed by atoms with Crippen LogP contribution in [0.2, 0.25) is 5.02 Å². The molecule has 2 heterocycles. The standard InChI is InChI=1S/C12H17ClN2/c1-8-5-10(13)7-15-12(8)11-3-4-14-6-9(11)2/h5,7,9,11,14H,3-4,6H2,1-2H3. The molecule has 0 aliphatic carbocycles. The second-order valence-corrected chi connectivity index (χ2v) is 4.87. The second kappa shape index (κ2) is 4.50. The van der Waals surface area contributed by atoms with Crippen LogP contribution in [0.15, 0.2) is 12.3 Å². The Balaban J connectivity index is 2.27. The maximum atomic E-state index is 5.92. The van der Waals surface area contributed by atoms with E-state index in [0.29, 0.717) is 11.8 Å². The van der Waals surface area contributed by atoms with Crippen molar-refractivity contribution in [2.24, 2.45) is 5.92 Å². The second-order valence-electron chi connectivity index (χ2n) is 4.43. The third-order valence-electron chi connectivity index (χ3n) is 3.22. The fourth-order valence-electron chi connectivity index (χ4n) is 2.36. The van der Waals surface area contributed by atoms with Gasteiger partial charge in [0, 0.05) is 17.8 Å². The number of pyridine rings is 1. The molecule has 1 aliphatic rings. The highest BCUT2D eigenvalue weighted by molar-refractivity contribution is 6.30. The maximum Gasteiger partial charge on any atom is 0.0592 e. The summed E-state index contributed by atoms with van der Waals surface area (Å²) in [6.07, 6.45) is 2.94. The lowest BCUT2D eigenvalue weighted by Gasteiger charge is -2.30. The van der Waals surface area contributed by atoms with Gasteiger partial charge >= 0.3 is 0 Å². The number of aromatic nitrogens is 1. The van der Waals surface area contributed by atoms with Gasteiger partial charge in [0.05, 0.1) is 5.02 Å². The van der Waals surface area contributed by atoms with E-state index in [1.807, 2.05) is 6.07 Å². The molecular weight excluding hydrogens is 208 g/mol. The summed E-state index contributed by atoms with van der Waals surface area (Å²) in [7, 11) is 0. The summed E-state index contributed by atoms with van der Waals surface area (Å²) in [6, 6.07) is 2.01. The summed E-state index contributed by atoms with van der Waals surface area (Å²) in [6.45, 7) is 6.57. The molecule has 3 heteroatoms. The van der Waals surface area contributed by atoms with E-state index in [1.165, 1.54) is 17.7 Å². The van der Waals surface area contributed by atoms with Crippen LogP contribution in [-0.2, 0) is 0 Å². The molecular formula is C12H17ClN2. The summed E-state index contributed by atoms with van der Waals surface area (Å²) in [5.74, 6) is 1.25. The molecule has 0 bridgehead atoms. The molecule has 0 amide bonds. The van der Waals surface area contributed by atoms with Crippen LogP contribution in [0, 0.1) is 12.8 Å². The van der Waals surface area contributed by atoms with Crippen molar-refractivity contribution in [3.8, 4) is 0 Å². The fourth-order valence-corrected chi connectivity index (χ4v) is 2.57. The molecule has 0 saturated carbocycles. The minimum Gasteiger partial charge on any atom is -0.316 e. The van der Waals surface area contributed by atoms with Gasteiger partial charge in [0.2, 0.25) is 0 Å². The zero-order chi connectivity index (χ0) is 10.8. The van der Waals surface area contributed by atoms with Crippen molar-refractivity contribution < 1.29 is 0 Å². The summed E-state index contributed by atoms with van der Waals surface area (Å²) >= 11 is 5.92. The number of hydrogen-bond acceptors (Lipinski definition) is 2. The van der Waals surface area contributed by atoms with Gasteiger partial charge in [-0.1, -0.05) is 18.5 Å². The van der Waals surface area contributed by atoms with Crippen molar-refractivity contribution in [2.45, 2.75) is 26.2 Å². The molecule has 15 heavy (non-hydrogen) atoms. The van der Waals surface area contributed by atoms with E-state index >= 15 is 0 Å². The van der Waals surface area contributed by atoms with Gasteiger partial charge in [-0.15, -0.1) is 0 Å². The molecule has 1 N–H and O–H groups in total. The molecule has 2 atom stereocenters. The quantitative estimate of drug-likeness (QED) is 0.794. The number of piperidine rings is 1. The Morgan fingerprint density at radius 1 is 1.53 bits per heavy atom. The van der Waals surface area contributed by atoms with E-state index in [2.05, 4.69) is 24.1 Å². The first-order valence-electron chi connectivity index (χ1n) is 5.51. The van der Waals surface area contributed by atoms with Crippen LogP contribution in [0.1, 0.15) is 30.5 Å². The summed E-state index contributed by atoms with van der Waals surface area (Å²) in [5, 5.41) is 4.15. The van der Waals surface area contributed by atoms with Gasteiger partial charge < -0.3 is 5.32 Å². The Morgan fingerprint density at radius 2 is 2.33 bits per heavy atom. The Hall–Kier alpha value is -0.600. The average molecular weight is 225 g/mol. The molecule has 1 aromatic heterocycles. The lowest BCUT2D eigenvalue weighted by atomic mass is 9.83. The largest absolute Gasteiger partial charge is 0.316 e. The Bertz CT molecular complexity index is 351. The molecule has 1 saturated heterocycles. The fraction of sp³-hybridized carbons (Fsp3) is 0.583. The lowest BCUT2D eigenvalue weighted by molar-refractivity contribution is 0.343. The molecule has 2 nitrogen and oxygen atoms in total. The van der Waals surface area contributed by atoms with Crippen LogP contribution >= 0.6 is 11.6 Å². The zero-order valence-electron chi connectivity index (χ0n) is 9.26. The molecule has 2 rings (SSSR count). The molecule has 0 spiro atoms. The first kappa shape index (κ1) is 10.9. The summed E-state index contributed by atoms with van der Waals surface area (Å²) < 4.78 is 0. The number of rotatable bonds is 1. The molecule has 1 aliphatic heterocycles. The van der Waals surface area contributed by atoms with E-state index in [1.54, 1.807) is 6.20 Å². The molecule has 82 valence electrons. The zero-order valence-corrected chi connectivity index (χ0v) is 10.0.